The number of nitrogens with zero attached hydrogens (tertiary/aromatic N) is 4. The fourth-order valence-corrected chi connectivity index (χ4v) is 2.30. The van der Waals surface area contributed by atoms with Gasteiger partial charge < -0.3 is 5.11 Å². The Hall–Kier alpha value is -4.01. The van der Waals surface area contributed by atoms with Gasteiger partial charge >= 0.3 is 5.69 Å². The predicted octanol–water partition coefficient (Wildman–Crippen LogP) is 2.20. The number of phenolic OH excluding ortho intramolecular Hbond substituents is 1. The highest BCUT2D eigenvalue weighted by molar-refractivity contribution is 5.93. The Morgan fingerprint density at radius 2 is 1.93 bits per heavy atom. The van der Waals surface area contributed by atoms with E-state index in [1.54, 1.807) is 47.3 Å². The zero-order valence-corrected chi connectivity index (χ0v) is 14.1. The second-order valence-corrected chi connectivity index (χ2v) is 5.60. The largest absolute Gasteiger partial charge is 0.507 e. The van der Waals surface area contributed by atoms with Crippen LogP contribution in [0.3, 0.4) is 0 Å². The van der Waals surface area contributed by atoms with Gasteiger partial charge in [0.2, 0.25) is 0 Å². The monoisotopic (exact) mass is 366 g/mol. The highest BCUT2D eigenvalue weighted by Crippen LogP contribution is 2.13. The van der Waals surface area contributed by atoms with Gasteiger partial charge in [0, 0.05) is 23.9 Å². The first-order chi connectivity index (χ1) is 13.0. The van der Waals surface area contributed by atoms with Gasteiger partial charge in [-0.1, -0.05) is 24.3 Å². The number of hydrazone groups is 1. The van der Waals surface area contributed by atoms with Crippen LogP contribution in [0.1, 0.15) is 21.6 Å². The molecule has 0 saturated heterocycles. The molecule has 3 rings (SSSR count). The van der Waals surface area contributed by atoms with Crippen LogP contribution in [0.4, 0.5) is 5.69 Å². The lowest BCUT2D eigenvalue weighted by Crippen LogP contribution is -2.18. The Balaban J connectivity index is 1.60. The molecule has 0 aliphatic carbocycles. The molecule has 0 aliphatic heterocycles. The lowest BCUT2D eigenvalue weighted by atomic mass is 10.2. The molecule has 3 aromatic rings. The first-order valence-electron chi connectivity index (χ1n) is 7.93. The molecule has 0 bridgehead atoms. The summed E-state index contributed by atoms with van der Waals surface area (Å²) in [5, 5.41) is 26.4. The Labute approximate surface area is 153 Å². The first-order valence-corrected chi connectivity index (χ1v) is 7.93. The molecule has 9 heteroatoms. The fraction of sp³-hybridized carbons (Fsp3) is 0.0556. The summed E-state index contributed by atoms with van der Waals surface area (Å²) in [5.41, 5.74) is 3.98. The molecule has 2 aromatic carbocycles. The van der Waals surface area contributed by atoms with Crippen molar-refractivity contribution in [2.45, 2.75) is 6.54 Å². The molecule has 3 N–H and O–H groups in total. The number of nitrogens with one attached hydrogen (secondary N) is 1. The summed E-state index contributed by atoms with van der Waals surface area (Å²) in [7, 11) is 0. The first kappa shape index (κ1) is 17.8. The number of hydrogen-bond acceptors (Lipinski definition) is 5. The molecule has 0 spiro atoms. The summed E-state index contributed by atoms with van der Waals surface area (Å²) in [5.74, 6) is -0.426. The minimum absolute atomic E-state index is 0.0621. The Kier molecular flexibility index (Phi) is 5.22. The quantitative estimate of drug-likeness (QED) is 0.456. The third-order valence-electron chi connectivity index (χ3n) is 3.68. The van der Waals surface area contributed by atoms with Gasteiger partial charge in [-0.05, 0) is 23.8 Å². The van der Waals surface area contributed by atoms with Crippen LogP contribution in [0, 0.1) is 4.91 Å². The average Bonchev–Trinajstić information content (AvgIpc) is 3.12. The highest BCUT2D eigenvalue weighted by Gasteiger charge is 2.11. The molecular weight excluding hydrogens is 350 g/mol. The summed E-state index contributed by atoms with van der Waals surface area (Å²) >= 11 is 0. The van der Waals surface area contributed by atoms with E-state index in [4.69, 9.17) is 5.21 Å². The van der Waals surface area contributed by atoms with Crippen LogP contribution in [-0.2, 0) is 6.54 Å². The van der Waals surface area contributed by atoms with E-state index in [-0.39, 0.29) is 22.1 Å². The lowest BCUT2D eigenvalue weighted by molar-refractivity contribution is -0.729. The van der Waals surface area contributed by atoms with Gasteiger partial charge in [-0.15, -0.1) is 0 Å². The number of carbonyl (C=O) groups is 1. The van der Waals surface area contributed by atoms with Crippen molar-refractivity contribution in [2.75, 3.05) is 0 Å². The maximum Gasteiger partial charge on any atom is 0.316 e. The van der Waals surface area contributed by atoms with E-state index in [2.05, 4.69) is 15.6 Å². The lowest BCUT2D eigenvalue weighted by Gasteiger charge is -2.01. The van der Waals surface area contributed by atoms with Gasteiger partial charge in [0.1, 0.15) is 5.75 Å². The number of phenols is 1. The maximum atomic E-state index is 12.1. The SMILES string of the molecule is O=C(N/N=C/c1ccccc1O)c1ccn(Cc2ccc([N+](=O)O)cc2)n1. The smallest absolute Gasteiger partial charge is 0.316 e. The molecule has 136 valence electrons. The molecule has 1 amide bonds. The topological polar surface area (TPSA) is 120 Å². The van der Waals surface area contributed by atoms with Crippen molar-refractivity contribution in [1.82, 2.24) is 15.2 Å². The molecule has 0 fully saturated rings. The summed E-state index contributed by atoms with van der Waals surface area (Å²) < 4.78 is 1.56. The van der Waals surface area contributed by atoms with E-state index >= 15 is 0 Å². The number of rotatable bonds is 6. The molecule has 0 atom stereocenters. The number of para-hydroxylation sites is 1. The fourth-order valence-electron chi connectivity index (χ4n) is 2.30. The van der Waals surface area contributed by atoms with E-state index < -0.39 is 5.91 Å². The zero-order chi connectivity index (χ0) is 19.2. The molecule has 9 nitrogen and oxygen atoms in total. The van der Waals surface area contributed by atoms with Crippen molar-refractivity contribution < 1.29 is 20.0 Å². The van der Waals surface area contributed by atoms with Crippen molar-refractivity contribution in [3.05, 3.63) is 82.5 Å². The molecule has 0 aliphatic rings. The Morgan fingerprint density at radius 3 is 2.63 bits per heavy atom. The van der Waals surface area contributed by atoms with Gasteiger partial charge in [0.15, 0.2) is 5.69 Å². The molecule has 27 heavy (non-hydrogen) atoms. The normalized spacial score (nSPS) is 10.8. The van der Waals surface area contributed by atoms with Crippen molar-refractivity contribution >= 4 is 17.8 Å². The number of carbonyl (C=O) groups excluding carboxylic acids is 1. The second-order valence-electron chi connectivity index (χ2n) is 5.60. The van der Waals surface area contributed by atoms with Crippen LogP contribution in [0.2, 0.25) is 0 Å². The van der Waals surface area contributed by atoms with Crippen LogP contribution in [0.5, 0.6) is 5.75 Å². The van der Waals surface area contributed by atoms with Crippen molar-refractivity contribution in [1.29, 1.82) is 0 Å². The van der Waals surface area contributed by atoms with Crippen LogP contribution in [0.25, 0.3) is 0 Å². The third-order valence-corrected chi connectivity index (χ3v) is 3.68. The molecular formula is C18H16N5O4+. The van der Waals surface area contributed by atoms with Crippen molar-refractivity contribution in [3.63, 3.8) is 0 Å². The third kappa shape index (κ3) is 4.54. The molecule has 0 unspecified atom stereocenters. The van der Waals surface area contributed by atoms with Gasteiger partial charge in [-0.3, -0.25) is 9.48 Å². The minimum Gasteiger partial charge on any atom is -0.507 e. The van der Waals surface area contributed by atoms with Gasteiger partial charge in [0.05, 0.1) is 17.7 Å². The summed E-state index contributed by atoms with van der Waals surface area (Å²) in [4.78, 5) is 22.6. The second kappa shape index (κ2) is 7.91. The van der Waals surface area contributed by atoms with Crippen molar-refractivity contribution in [3.8, 4) is 5.75 Å². The van der Waals surface area contributed by atoms with Gasteiger partial charge in [-0.25, -0.2) is 10.6 Å². The molecule has 1 aromatic heterocycles. The van der Waals surface area contributed by atoms with E-state index in [0.29, 0.717) is 12.1 Å². The van der Waals surface area contributed by atoms with Crippen LogP contribution < -0.4 is 5.43 Å². The average molecular weight is 366 g/mol. The molecule has 0 radical (unpaired) electrons. The number of benzene rings is 2. The Morgan fingerprint density at radius 1 is 1.19 bits per heavy atom. The van der Waals surface area contributed by atoms with Crippen LogP contribution in [-0.4, -0.2) is 37.1 Å². The van der Waals surface area contributed by atoms with Crippen LogP contribution >= 0.6 is 0 Å². The van der Waals surface area contributed by atoms with E-state index in [1.165, 1.54) is 24.4 Å². The summed E-state index contributed by atoms with van der Waals surface area (Å²) in [6.45, 7) is 0.388. The number of hydrogen-bond donors (Lipinski definition) is 3. The zero-order valence-electron chi connectivity index (χ0n) is 14.1. The molecule has 1 heterocycles. The van der Waals surface area contributed by atoms with Crippen molar-refractivity contribution in [2.24, 2.45) is 5.10 Å². The van der Waals surface area contributed by atoms with Gasteiger partial charge in [0.25, 0.3) is 10.8 Å². The number of aromatic hydroxyl groups is 1. The minimum atomic E-state index is -0.488. The van der Waals surface area contributed by atoms with E-state index in [1.807, 2.05) is 0 Å². The number of amides is 1. The van der Waals surface area contributed by atoms with E-state index in [9.17, 15) is 14.8 Å². The summed E-state index contributed by atoms with van der Waals surface area (Å²) in [6, 6.07) is 14.5. The predicted molar refractivity (Wildman–Crippen MR) is 96.0 cm³/mol. The van der Waals surface area contributed by atoms with Gasteiger partial charge in [-0.2, -0.15) is 10.2 Å². The Bertz CT molecular complexity index is 995. The molecule has 0 saturated carbocycles. The van der Waals surface area contributed by atoms with E-state index in [0.717, 1.165) is 5.56 Å². The summed E-state index contributed by atoms with van der Waals surface area (Å²) in [6.07, 6.45) is 2.98. The number of aromatic nitrogens is 2. The maximum absolute atomic E-state index is 12.1. The highest BCUT2D eigenvalue weighted by atomic mass is 16.6. The van der Waals surface area contributed by atoms with Crippen LogP contribution in [0.15, 0.2) is 65.9 Å². The standard InChI is InChI=1S/C18H15N5O4/c24-17-4-2-1-3-14(17)11-19-20-18(25)16-9-10-22(21-16)12-13-5-7-15(8-6-13)23(26)27/h1-11H,12H2,(H2-,19,20,21,24,25,26,27)/p+1.